The van der Waals surface area contributed by atoms with E-state index in [0.717, 1.165) is 42.7 Å². The number of amides is 1. The molecule has 0 atom stereocenters. The lowest BCUT2D eigenvalue weighted by molar-refractivity contribution is -0.123. The van der Waals surface area contributed by atoms with Crippen LogP contribution in [0.2, 0.25) is 0 Å². The van der Waals surface area contributed by atoms with Crippen LogP contribution in [-0.2, 0) is 14.9 Å². The maximum absolute atomic E-state index is 12.2. The Labute approximate surface area is 135 Å². The minimum Gasteiger partial charge on any atom is -0.454 e. The highest BCUT2D eigenvalue weighted by Gasteiger charge is 2.47. The third kappa shape index (κ3) is 2.66. The highest BCUT2D eigenvalue weighted by atomic mass is 16.7. The van der Waals surface area contributed by atoms with Crippen molar-refractivity contribution in [2.75, 3.05) is 26.6 Å². The van der Waals surface area contributed by atoms with Gasteiger partial charge in [0.2, 0.25) is 12.7 Å². The Morgan fingerprint density at radius 1 is 1.13 bits per heavy atom. The smallest absolute Gasteiger partial charge is 0.240 e. The SMILES string of the molecule is NC1(C(=O)NCC2(c3ccc4c(c3)OCO4)CCOCC2)CC1. The van der Waals surface area contributed by atoms with E-state index in [-0.39, 0.29) is 18.1 Å². The molecular weight excluding hydrogens is 296 g/mol. The number of nitrogens with one attached hydrogen (secondary N) is 1. The van der Waals surface area contributed by atoms with Gasteiger partial charge in [0.15, 0.2) is 11.5 Å². The molecule has 0 radical (unpaired) electrons. The minimum atomic E-state index is -0.638. The average molecular weight is 318 g/mol. The lowest BCUT2D eigenvalue weighted by Gasteiger charge is -2.38. The second-order valence-electron chi connectivity index (χ2n) is 6.80. The van der Waals surface area contributed by atoms with Crippen LogP contribution in [-0.4, -0.2) is 38.0 Å². The topological polar surface area (TPSA) is 82.8 Å². The van der Waals surface area contributed by atoms with E-state index in [0.29, 0.717) is 19.8 Å². The van der Waals surface area contributed by atoms with Crippen molar-refractivity contribution >= 4 is 5.91 Å². The van der Waals surface area contributed by atoms with Gasteiger partial charge >= 0.3 is 0 Å². The van der Waals surface area contributed by atoms with Gasteiger partial charge in [-0.25, -0.2) is 0 Å². The fourth-order valence-electron chi connectivity index (χ4n) is 3.34. The van der Waals surface area contributed by atoms with Crippen LogP contribution in [0.5, 0.6) is 11.5 Å². The van der Waals surface area contributed by atoms with E-state index >= 15 is 0 Å². The molecule has 3 N–H and O–H groups in total. The number of rotatable bonds is 4. The van der Waals surface area contributed by atoms with Crippen LogP contribution in [0.15, 0.2) is 18.2 Å². The quantitative estimate of drug-likeness (QED) is 0.868. The monoisotopic (exact) mass is 318 g/mol. The van der Waals surface area contributed by atoms with Crippen molar-refractivity contribution in [3.63, 3.8) is 0 Å². The van der Waals surface area contributed by atoms with E-state index < -0.39 is 5.54 Å². The Morgan fingerprint density at radius 3 is 2.61 bits per heavy atom. The van der Waals surface area contributed by atoms with Crippen molar-refractivity contribution < 1.29 is 19.0 Å². The molecule has 1 aliphatic carbocycles. The van der Waals surface area contributed by atoms with Crippen molar-refractivity contribution in [2.45, 2.75) is 36.6 Å². The van der Waals surface area contributed by atoms with Gasteiger partial charge in [-0.1, -0.05) is 6.07 Å². The average Bonchev–Trinajstić information content (AvgIpc) is 3.16. The van der Waals surface area contributed by atoms with Gasteiger partial charge in [-0.15, -0.1) is 0 Å². The van der Waals surface area contributed by atoms with Crippen LogP contribution in [0.4, 0.5) is 0 Å². The van der Waals surface area contributed by atoms with Crippen LogP contribution in [0.1, 0.15) is 31.2 Å². The molecule has 1 aromatic rings. The van der Waals surface area contributed by atoms with Crippen molar-refractivity contribution in [3.8, 4) is 11.5 Å². The van der Waals surface area contributed by atoms with Crippen LogP contribution >= 0.6 is 0 Å². The van der Waals surface area contributed by atoms with Crippen molar-refractivity contribution in [2.24, 2.45) is 5.73 Å². The number of ether oxygens (including phenoxy) is 3. The van der Waals surface area contributed by atoms with Crippen LogP contribution in [0.25, 0.3) is 0 Å². The Balaban J connectivity index is 1.57. The summed E-state index contributed by atoms with van der Waals surface area (Å²) < 4.78 is 16.4. The van der Waals surface area contributed by atoms with Crippen molar-refractivity contribution in [1.29, 1.82) is 0 Å². The summed E-state index contributed by atoms with van der Waals surface area (Å²) in [7, 11) is 0. The molecule has 1 saturated heterocycles. The molecule has 6 heteroatoms. The molecule has 4 rings (SSSR count). The van der Waals surface area contributed by atoms with Crippen LogP contribution in [0, 0.1) is 0 Å². The Bertz CT molecular complexity index is 621. The van der Waals surface area contributed by atoms with Crippen LogP contribution in [0.3, 0.4) is 0 Å². The molecule has 1 amide bonds. The van der Waals surface area contributed by atoms with E-state index in [1.807, 2.05) is 12.1 Å². The minimum absolute atomic E-state index is 0.0379. The normalized spacial score (nSPS) is 23.3. The number of hydrogen-bond acceptors (Lipinski definition) is 5. The van der Waals surface area contributed by atoms with Gasteiger partial charge in [0.1, 0.15) is 0 Å². The van der Waals surface area contributed by atoms with Gasteiger partial charge in [-0.2, -0.15) is 0 Å². The van der Waals surface area contributed by atoms with Gasteiger partial charge in [-0.3, -0.25) is 4.79 Å². The molecule has 124 valence electrons. The summed E-state index contributed by atoms with van der Waals surface area (Å²) in [4.78, 5) is 12.2. The lowest BCUT2D eigenvalue weighted by Crippen LogP contribution is -2.50. The molecule has 0 bridgehead atoms. The van der Waals surface area contributed by atoms with Gasteiger partial charge in [-0.05, 0) is 43.4 Å². The van der Waals surface area contributed by atoms with E-state index in [4.69, 9.17) is 19.9 Å². The largest absolute Gasteiger partial charge is 0.454 e. The third-order valence-electron chi connectivity index (χ3n) is 5.26. The van der Waals surface area contributed by atoms with Crippen molar-refractivity contribution in [1.82, 2.24) is 5.32 Å². The molecule has 0 spiro atoms. The van der Waals surface area contributed by atoms with E-state index in [9.17, 15) is 4.79 Å². The summed E-state index contributed by atoms with van der Waals surface area (Å²) in [6, 6.07) is 6.05. The predicted octanol–water partition coefficient (Wildman–Crippen LogP) is 1.07. The highest BCUT2D eigenvalue weighted by Crippen LogP contribution is 2.41. The molecule has 2 fully saturated rings. The summed E-state index contributed by atoms with van der Waals surface area (Å²) in [5.41, 5.74) is 6.37. The molecule has 2 aliphatic heterocycles. The van der Waals surface area contributed by atoms with E-state index in [2.05, 4.69) is 11.4 Å². The number of hydrogen-bond donors (Lipinski definition) is 2. The first-order valence-corrected chi connectivity index (χ1v) is 8.17. The second kappa shape index (κ2) is 5.39. The first-order valence-electron chi connectivity index (χ1n) is 8.17. The molecule has 1 aromatic carbocycles. The number of carbonyl (C=O) groups is 1. The fourth-order valence-corrected chi connectivity index (χ4v) is 3.34. The molecule has 23 heavy (non-hydrogen) atoms. The highest BCUT2D eigenvalue weighted by molar-refractivity contribution is 5.89. The fraction of sp³-hybridized carbons (Fsp3) is 0.588. The molecule has 0 aromatic heterocycles. The maximum atomic E-state index is 12.2. The van der Waals surface area contributed by atoms with Gasteiger partial charge in [0.25, 0.3) is 0 Å². The van der Waals surface area contributed by atoms with Gasteiger partial charge < -0.3 is 25.3 Å². The molecule has 1 saturated carbocycles. The zero-order chi connectivity index (χ0) is 15.9. The molecule has 0 unspecified atom stereocenters. The zero-order valence-corrected chi connectivity index (χ0v) is 13.1. The molecule has 6 nitrogen and oxygen atoms in total. The summed E-state index contributed by atoms with van der Waals surface area (Å²) in [6.45, 7) is 2.23. The third-order valence-corrected chi connectivity index (χ3v) is 5.26. The summed E-state index contributed by atoms with van der Waals surface area (Å²) in [5, 5.41) is 3.07. The maximum Gasteiger partial charge on any atom is 0.240 e. The lowest BCUT2D eigenvalue weighted by atomic mass is 9.74. The predicted molar refractivity (Wildman–Crippen MR) is 83.5 cm³/mol. The standard InChI is InChI=1S/C17H22N2O4/c18-17(3-4-17)15(20)19-10-16(5-7-21-8-6-16)12-1-2-13-14(9-12)23-11-22-13/h1-2,9H,3-8,10-11,18H2,(H,19,20). The summed E-state index contributed by atoms with van der Waals surface area (Å²) in [5.74, 6) is 1.51. The number of nitrogens with two attached hydrogens (primary N) is 1. The summed E-state index contributed by atoms with van der Waals surface area (Å²) in [6.07, 6.45) is 3.28. The Morgan fingerprint density at radius 2 is 1.87 bits per heavy atom. The Hall–Kier alpha value is -1.79. The van der Waals surface area contributed by atoms with Gasteiger partial charge in [0, 0.05) is 25.2 Å². The first kappa shape index (κ1) is 14.8. The number of fused-ring (bicyclic) bond motifs is 1. The second-order valence-corrected chi connectivity index (χ2v) is 6.80. The molecule has 3 aliphatic rings. The van der Waals surface area contributed by atoms with Crippen LogP contribution < -0.4 is 20.5 Å². The molecule has 2 heterocycles. The van der Waals surface area contributed by atoms with Gasteiger partial charge in [0.05, 0.1) is 5.54 Å². The molecular formula is C17H22N2O4. The van der Waals surface area contributed by atoms with E-state index in [1.54, 1.807) is 0 Å². The van der Waals surface area contributed by atoms with E-state index in [1.165, 1.54) is 0 Å². The Kier molecular flexibility index (Phi) is 3.46. The zero-order valence-electron chi connectivity index (χ0n) is 13.1. The number of benzene rings is 1. The first-order chi connectivity index (χ1) is 11.1. The number of carbonyl (C=O) groups excluding carboxylic acids is 1. The van der Waals surface area contributed by atoms with Crippen molar-refractivity contribution in [3.05, 3.63) is 23.8 Å². The summed E-state index contributed by atoms with van der Waals surface area (Å²) >= 11 is 0.